The highest BCUT2D eigenvalue weighted by Crippen LogP contribution is 2.41. The third-order valence-corrected chi connectivity index (χ3v) is 12.4. The first-order valence-electron chi connectivity index (χ1n) is 23.4. The van der Waals surface area contributed by atoms with Crippen molar-refractivity contribution in [3.8, 4) is 17.0 Å². The van der Waals surface area contributed by atoms with Crippen LogP contribution in [0.2, 0.25) is 0 Å². The number of piperazine rings is 1. The number of benzene rings is 2. The molecule has 374 valence electrons. The number of aliphatic hydroxyl groups is 1. The average molecular weight is 971 g/mol. The molecule has 6 heterocycles. The third kappa shape index (κ3) is 15.6. The van der Waals surface area contributed by atoms with Crippen LogP contribution in [0.1, 0.15) is 57.1 Å². The van der Waals surface area contributed by atoms with Crippen LogP contribution < -0.4 is 25.2 Å². The van der Waals surface area contributed by atoms with Crippen molar-refractivity contribution in [2.45, 2.75) is 59.1 Å². The maximum atomic E-state index is 14.3. The van der Waals surface area contributed by atoms with E-state index >= 15 is 0 Å². The van der Waals surface area contributed by atoms with Crippen LogP contribution in [0.3, 0.4) is 0 Å². The van der Waals surface area contributed by atoms with Gasteiger partial charge in [0.2, 0.25) is 18.1 Å². The van der Waals surface area contributed by atoms with Gasteiger partial charge in [-0.1, -0.05) is 39.8 Å². The molecule has 0 radical (unpaired) electrons. The maximum absolute atomic E-state index is 14.3. The Balaban J connectivity index is 0.000000216. The summed E-state index contributed by atoms with van der Waals surface area (Å²) in [5, 5.41) is 18.4. The fourth-order valence-electron chi connectivity index (χ4n) is 7.92. The maximum Gasteiger partial charge on any atom is 0.241 e. The summed E-state index contributed by atoms with van der Waals surface area (Å²) in [6.45, 7) is 21.3. The third-order valence-electron chi connectivity index (χ3n) is 11.5. The number of fused-ring (bicyclic) bond motifs is 1. The standard InChI is InChI=1S/C24H31FN4O2.C18H21F2N3O4S.C5H11NO.C2H6/c1-16-12-28(9-8-26-16)13-22(31)29-15-24(2,3)23-21(29)11-18(20(14-30)27-23)10-17-4-6-19(25)7-5-17;19-14-2-1-13(15-11-28-18(22-15)23-4-7-26-8-5-23)17(16(14)20)27-10-9-25-6-3-21-12-24;1-6-2-4-7-5-3-6;1-2/h4-7,11,16,26,30H,8-10,12-15H2,1-3H3;1-2,11-12H,3-10H2,(H,21,24);2-5H2,1H3;1-2H3. The van der Waals surface area contributed by atoms with E-state index in [-0.39, 0.29) is 42.7 Å². The number of amides is 2. The molecule has 3 N–H and O–H groups in total. The first kappa shape index (κ1) is 54.2. The number of halogens is 3. The van der Waals surface area contributed by atoms with Crippen LogP contribution in [0.15, 0.2) is 47.8 Å². The molecule has 4 aliphatic heterocycles. The number of ether oxygens (including phenoxy) is 4. The first-order valence-corrected chi connectivity index (χ1v) is 24.3. The molecule has 4 aliphatic rings. The van der Waals surface area contributed by atoms with E-state index in [0.29, 0.717) is 75.3 Å². The molecule has 2 amide bonds. The Morgan fingerprint density at radius 2 is 1.69 bits per heavy atom. The van der Waals surface area contributed by atoms with Gasteiger partial charge in [0.15, 0.2) is 16.7 Å². The van der Waals surface area contributed by atoms with Crippen molar-refractivity contribution in [2.24, 2.45) is 0 Å². The summed E-state index contributed by atoms with van der Waals surface area (Å²) in [6, 6.07) is 11.2. The zero-order valence-electron chi connectivity index (χ0n) is 40.3. The molecule has 3 saturated heterocycles. The van der Waals surface area contributed by atoms with E-state index < -0.39 is 11.6 Å². The largest absolute Gasteiger partial charge is 0.487 e. The number of likely N-dealkylation sites (N-methyl/N-ethyl adjacent to an activating group) is 1. The predicted octanol–water partition coefficient (Wildman–Crippen LogP) is 5.26. The lowest BCUT2D eigenvalue weighted by Crippen LogP contribution is -2.52. The van der Waals surface area contributed by atoms with Gasteiger partial charge in [0.05, 0.1) is 75.6 Å². The van der Waals surface area contributed by atoms with Gasteiger partial charge in [0.1, 0.15) is 12.4 Å². The van der Waals surface area contributed by atoms with Gasteiger partial charge >= 0.3 is 0 Å². The number of carbonyl (C=O) groups excluding carboxylic acids is 2. The van der Waals surface area contributed by atoms with E-state index in [1.807, 2.05) is 24.8 Å². The monoisotopic (exact) mass is 970 g/mol. The summed E-state index contributed by atoms with van der Waals surface area (Å²) >= 11 is 1.44. The molecule has 0 bridgehead atoms. The van der Waals surface area contributed by atoms with Gasteiger partial charge < -0.3 is 49.4 Å². The van der Waals surface area contributed by atoms with Gasteiger partial charge in [0.25, 0.3) is 0 Å². The second-order valence-corrected chi connectivity index (χ2v) is 18.0. The van der Waals surface area contributed by atoms with Crippen LogP contribution in [-0.2, 0) is 42.2 Å². The van der Waals surface area contributed by atoms with E-state index in [4.69, 9.17) is 23.9 Å². The number of rotatable bonds is 15. The number of thiazole rings is 1. The predicted molar refractivity (Wildman–Crippen MR) is 259 cm³/mol. The lowest BCUT2D eigenvalue weighted by molar-refractivity contribution is -0.120. The fraction of sp³-hybridized carbons (Fsp3) is 0.551. The number of hydrogen-bond donors (Lipinski definition) is 3. The van der Waals surface area contributed by atoms with Crippen molar-refractivity contribution in [3.05, 3.63) is 87.8 Å². The molecule has 2 aromatic carbocycles. The summed E-state index contributed by atoms with van der Waals surface area (Å²) in [5.74, 6) is -2.43. The SMILES string of the molecule is CC.CC1CN(CC(=O)N2CC(C)(C)c3nc(CO)c(Cc4ccc(F)cc4)cc32)CCN1.CN1CCOCC1.O=CNCCOCCOc1c(-c2csc(N3CCOCC3)n2)ccc(F)c1F. The number of hydrogen-bond acceptors (Lipinski definition) is 14. The Labute approximate surface area is 402 Å². The van der Waals surface area contributed by atoms with E-state index in [9.17, 15) is 27.9 Å². The van der Waals surface area contributed by atoms with Crippen LogP contribution in [0.4, 0.5) is 24.0 Å². The van der Waals surface area contributed by atoms with Crippen LogP contribution >= 0.6 is 11.3 Å². The Kier molecular flexibility index (Phi) is 21.9. The number of aromatic nitrogens is 2. The molecule has 8 rings (SSSR count). The summed E-state index contributed by atoms with van der Waals surface area (Å²) in [6.07, 6.45) is 1.10. The Morgan fingerprint density at radius 1 is 0.985 bits per heavy atom. The number of anilines is 2. The minimum atomic E-state index is -1.05. The summed E-state index contributed by atoms with van der Waals surface area (Å²) in [7, 11) is 2.11. The van der Waals surface area contributed by atoms with Gasteiger partial charge in [-0.25, -0.2) is 13.8 Å². The molecular weight excluding hydrogens is 902 g/mol. The highest BCUT2D eigenvalue weighted by Gasteiger charge is 2.40. The zero-order valence-corrected chi connectivity index (χ0v) is 41.1. The first-order chi connectivity index (χ1) is 32.9. The Bertz CT molecular complexity index is 2170. The van der Waals surface area contributed by atoms with Crippen molar-refractivity contribution < 1.29 is 46.8 Å². The molecular formula is C49H69F3N8O7S. The van der Waals surface area contributed by atoms with Crippen molar-refractivity contribution in [1.29, 1.82) is 0 Å². The average Bonchev–Trinajstić information content (AvgIpc) is 3.94. The number of pyridine rings is 1. The lowest BCUT2D eigenvalue weighted by Gasteiger charge is -2.32. The highest BCUT2D eigenvalue weighted by atomic mass is 32.1. The molecule has 68 heavy (non-hydrogen) atoms. The van der Waals surface area contributed by atoms with Crippen molar-refractivity contribution in [2.75, 3.05) is 129 Å². The summed E-state index contributed by atoms with van der Waals surface area (Å²) < 4.78 is 62.5. The minimum Gasteiger partial charge on any atom is -0.487 e. The van der Waals surface area contributed by atoms with E-state index in [0.717, 1.165) is 92.7 Å². The molecule has 1 atom stereocenters. The normalized spacial score (nSPS) is 17.9. The molecule has 0 aliphatic carbocycles. The molecule has 19 heteroatoms. The van der Waals surface area contributed by atoms with Crippen LogP contribution in [0.25, 0.3) is 11.3 Å². The van der Waals surface area contributed by atoms with Crippen molar-refractivity contribution in [3.63, 3.8) is 0 Å². The number of nitrogens with one attached hydrogen (secondary N) is 2. The molecule has 0 spiro atoms. The second-order valence-electron chi connectivity index (χ2n) is 17.2. The molecule has 4 aromatic rings. The number of carbonyl (C=O) groups is 2. The lowest BCUT2D eigenvalue weighted by atomic mass is 9.90. The van der Waals surface area contributed by atoms with Gasteiger partial charge in [-0.05, 0) is 61.9 Å². The van der Waals surface area contributed by atoms with Gasteiger partial charge in [-0.2, -0.15) is 4.39 Å². The molecule has 0 saturated carbocycles. The molecule has 1 unspecified atom stereocenters. The van der Waals surface area contributed by atoms with Gasteiger partial charge in [0, 0.05) is 81.3 Å². The minimum absolute atomic E-state index is 0.0366. The van der Waals surface area contributed by atoms with E-state index in [1.54, 1.807) is 17.5 Å². The van der Waals surface area contributed by atoms with E-state index in [2.05, 4.69) is 58.1 Å². The molecule has 2 aromatic heterocycles. The van der Waals surface area contributed by atoms with Crippen molar-refractivity contribution >= 4 is 34.5 Å². The fourth-order valence-corrected chi connectivity index (χ4v) is 8.80. The zero-order chi connectivity index (χ0) is 49.1. The molecule has 15 nitrogen and oxygen atoms in total. The topological polar surface area (TPSA) is 154 Å². The van der Waals surface area contributed by atoms with Crippen molar-refractivity contribution in [1.82, 2.24) is 30.4 Å². The van der Waals surface area contributed by atoms with Gasteiger partial charge in [-0.15, -0.1) is 11.3 Å². The molecule has 3 fully saturated rings. The van der Waals surface area contributed by atoms with Crippen LogP contribution in [0, 0.1) is 17.5 Å². The number of aliphatic hydroxyl groups excluding tert-OH is 1. The smallest absolute Gasteiger partial charge is 0.241 e. The summed E-state index contributed by atoms with van der Waals surface area (Å²) in [5.41, 5.74) is 4.70. The Hall–Kier alpha value is -4.73. The number of nitrogens with zero attached hydrogens (tertiary/aromatic N) is 6. The van der Waals surface area contributed by atoms with Crippen LogP contribution in [-0.4, -0.2) is 162 Å². The van der Waals surface area contributed by atoms with Crippen LogP contribution in [0.5, 0.6) is 5.75 Å². The second kappa shape index (κ2) is 27.5. The quantitative estimate of drug-likeness (QED) is 0.105. The Morgan fingerprint density at radius 3 is 2.34 bits per heavy atom. The highest BCUT2D eigenvalue weighted by molar-refractivity contribution is 7.14. The van der Waals surface area contributed by atoms with E-state index in [1.165, 1.54) is 29.5 Å². The summed E-state index contributed by atoms with van der Waals surface area (Å²) in [4.78, 5) is 41.2. The number of morpholine rings is 2. The van der Waals surface area contributed by atoms with Gasteiger partial charge in [-0.3, -0.25) is 19.5 Å².